The van der Waals surface area contributed by atoms with Gasteiger partial charge in [0.25, 0.3) is 0 Å². The first-order valence-corrected chi connectivity index (χ1v) is 6.48. The van der Waals surface area contributed by atoms with Gasteiger partial charge in [-0.1, -0.05) is 6.07 Å². The van der Waals surface area contributed by atoms with Crippen molar-refractivity contribution in [3.8, 4) is 11.6 Å². The topological polar surface area (TPSA) is 105 Å². The number of ether oxygens (including phenoxy) is 1. The SMILES string of the molecule is Cc1cc(Oc2ccc3c(c2)CCN3C([NH-])=O)nc(N)n1.[CH3-].[Y]. The molecule has 2 amide bonds. The number of aryl methyl sites for hydroxylation is 1. The molecule has 3 rings (SSSR count). The summed E-state index contributed by atoms with van der Waals surface area (Å²) in [6.45, 7) is 2.34. The Balaban J connectivity index is 0.00000132. The minimum Gasteiger partial charge on any atom is -0.447 e. The number of aromatic nitrogens is 2. The summed E-state index contributed by atoms with van der Waals surface area (Å²) in [4.78, 5) is 20.6. The van der Waals surface area contributed by atoms with Gasteiger partial charge in [0, 0.05) is 44.5 Å². The zero-order valence-electron chi connectivity index (χ0n) is 13.0. The van der Waals surface area contributed by atoms with E-state index in [2.05, 4.69) is 9.97 Å². The Labute approximate surface area is 160 Å². The minimum absolute atomic E-state index is 0. The molecule has 0 saturated carbocycles. The van der Waals surface area contributed by atoms with Gasteiger partial charge in [-0.25, -0.2) is 4.98 Å². The Morgan fingerprint density at radius 2 is 2.09 bits per heavy atom. The van der Waals surface area contributed by atoms with Gasteiger partial charge in [0.1, 0.15) is 5.75 Å². The van der Waals surface area contributed by atoms with Crippen molar-refractivity contribution in [3.63, 3.8) is 0 Å². The van der Waals surface area contributed by atoms with Crippen molar-refractivity contribution in [2.45, 2.75) is 13.3 Å². The van der Waals surface area contributed by atoms with Crippen molar-refractivity contribution in [1.29, 1.82) is 0 Å². The molecular formula is C15H17N5O2Y-2. The second kappa shape index (κ2) is 7.70. The van der Waals surface area contributed by atoms with Crippen LogP contribution in [0.5, 0.6) is 11.6 Å². The van der Waals surface area contributed by atoms with E-state index in [0.717, 1.165) is 16.9 Å². The summed E-state index contributed by atoms with van der Waals surface area (Å²) >= 11 is 0. The van der Waals surface area contributed by atoms with Crippen molar-refractivity contribution in [3.05, 3.63) is 48.7 Å². The predicted octanol–water partition coefficient (Wildman–Crippen LogP) is 3.14. The predicted molar refractivity (Wildman–Crippen MR) is 84.9 cm³/mol. The maximum absolute atomic E-state index is 11.2. The van der Waals surface area contributed by atoms with E-state index in [-0.39, 0.29) is 46.1 Å². The number of fused-ring (bicyclic) bond motifs is 1. The molecule has 1 aromatic carbocycles. The molecule has 0 fully saturated rings. The summed E-state index contributed by atoms with van der Waals surface area (Å²) in [7, 11) is 0. The second-order valence-corrected chi connectivity index (χ2v) is 4.81. The summed E-state index contributed by atoms with van der Waals surface area (Å²) in [5, 5.41) is 0. The van der Waals surface area contributed by atoms with Gasteiger partial charge in [-0.3, -0.25) is 4.79 Å². The van der Waals surface area contributed by atoms with Crippen molar-refractivity contribution < 1.29 is 42.2 Å². The van der Waals surface area contributed by atoms with Gasteiger partial charge in [-0.05, 0) is 43.3 Å². The van der Waals surface area contributed by atoms with E-state index in [1.54, 1.807) is 18.2 Å². The first-order valence-electron chi connectivity index (χ1n) is 6.48. The van der Waals surface area contributed by atoms with Crippen LogP contribution in [0.4, 0.5) is 16.4 Å². The molecule has 0 spiro atoms. The van der Waals surface area contributed by atoms with Gasteiger partial charge < -0.3 is 28.5 Å². The van der Waals surface area contributed by atoms with Gasteiger partial charge >= 0.3 is 0 Å². The fourth-order valence-electron chi connectivity index (χ4n) is 2.39. The van der Waals surface area contributed by atoms with Crippen LogP contribution in [0.15, 0.2) is 24.3 Å². The summed E-state index contributed by atoms with van der Waals surface area (Å²) in [5.74, 6) is 1.16. The number of anilines is 2. The summed E-state index contributed by atoms with van der Waals surface area (Å²) in [6.07, 6.45) is 0.710. The fourth-order valence-corrected chi connectivity index (χ4v) is 2.39. The standard InChI is InChI=1S/C14H15N5O2.CH3.Y/c1-8-6-12(18-13(15)17-8)21-10-2-3-11-9(7-10)4-5-19(11)14(16)20;;/h2-3,6-7H,4-5H2,1H3,(H4,15,16,17,18,20);1H3;/q;-1;/p-1. The first-order chi connectivity index (χ1) is 10.0. The van der Waals surface area contributed by atoms with Crippen LogP contribution in [0, 0.1) is 14.4 Å². The number of nitrogen functional groups attached to an aromatic ring is 1. The molecule has 0 unspecified atom stereocenters. The van der Waals surface area contributed by atoms with Crippen molar-refractivity contribution in [1.82, 2.24) is 9.97 Å². The van der Waals surface area contributed by atoms with E-state index in [1.807, 2.05) is 13.0 Å². The summed E-state index contributed by atoms with van der Waals surface area (Å²) in [5.41, 5.74) is 15.3. The van der Waals surface area contributed by atoms with E-state index in [1.165, 1.54) is 4.90 Å². The number of rotatable bonds is 2. The molecule has 3 N–H and O–H groups in total. The number of amides is 2. The summed E-state index contributed by atoms with van der Waals surface area (Å²) < 4.78 is 5.68. The van der Waals surface area contributed by atoms with Crippen LogP contribution < -0.4 is 15.4 Å². The quantitative estimate of drug-likeness (QED) is 0.796. The molecule has 0 atom stereocenters. The monoisotopic (exact) mass is 388 g/mol. The zero-order chi connectivity index (χ0) is 15.0. The average Bonchev–Trinajstić information content (AvgIpc) is 2.80. The first kappa shape index (κ1) is 19.3. The third-order valence-corrected chi connectivity index (χ3v) is 3.26. The van der Waals surface area contributed by atoms with Crippen LogP contribution in [-0.2, 0) is 39.1 Å². The normalized spacial score (nSPS) is 12.0. The number of carbonyl (C=O) groups is 1. The molecule has 1 aromatic heterocycles. The van der Waals surface area contributed by atoms with E-state index in [0.29, 0.717) is 24.6 Å². The van der Waals surface area contributed by atoms with Crippen LogP contribution in [0.2, 0.25) is 0 Å². The molecule has 0 aliphatic carbocycles. The number of nitrogens with one attached hydrogen (secondary N) is 1. The van der Waals surface area contributed by atoms with Crippen LogP contribution in [-0.4, -0.2) is 22.5 Å². The zero-order valence-corrected chi connectivity index (χ0v) is 15.9. The van der Waals surface area contributed by atoms with E-state index in [9.17, 15) is 4.79 Å². The molecule has 8 heteroatoms. The Morgan fingerprint density at radius 3 is 2.74 bits per heavy atom. The molecule has 119 valence electrons. The molecule has 0 bridgehead atoms. The third-order valence-electron chi connectivity index (χ3n) is 3.26. The maximum atomic E-state index is 11.2. The number of benzene rings is 1. The van der Waals surface area contributed by atoms with Crippen LogP contribution >= 0.6 is 0 Å². The second-order valence-electron chi connectivity index (χ2n) is 4.81. The average molecular weight is 388 g/mol. The van der Waals surface area contributed by atoms with Gasteiger partial charge in [0.15, 0.2) is 6.03 Å². The van der Waals surface area contributed by atoms with Crippen LogP contribution in [0.25, 0.3) is 5.73 Å². The van der Waals surface area contributed by atoms with Crippen LogP contribution in [0.3, 0.4) is 0 Å². The Kier molecular flexibility index (Phi) is 6.47. The number of hydrogen-bond acceptors (Lipinski definition) is 5. The summed E-state index contributed by atoms with van der Waals surface area (Å²) in [6, 6.07) is 6.38. The van der Waals surface area contributed by atoms with E-state index < -0.39 is 6.03 Å². The molecule has 1 aliphatic rings. The smallest absolute Gasteiger partial charge is 0.224 e. The number of urea groups is 1. The molecule has 7 nitrogen and oxygen atoms in total. The van der Waals surface area contributed by atoms with Gasteiger partial charge in [0.2, 0.25) is 11.8 Å². The number of nitrogens with zero attached hydrogens (tertiary/aromatic N) is 3. The number of hydrogen-bond donors (Lipinski definition) is 1. The van der Waals surface area contributed by atoms with Crippen molar-refractivity contribution in [2.75, 3.05) is 17.2 Å². The molecular weight excluding hydrogens is 371 g/mol. The number of carbonyl (C=O) groups excluding carboxylic acids is 1. The molecule has 0 saturated heterocycles. The fraction of sp³-hybridized carbons (Fsp3) is 0.200. The molecule has 1 radical (unpaired) electrons. The Hall–Kier alpha value is -1.73. The van der Waals surface area contributed by atoms with E-state index in [4.69, 9.17) is 16.2 Å². The van der Waals surface area contributed by atoms with Gasteiger partial charge in [-0.2, -0.15) is 4.98 Å². The largest absolute Gasteiger partial charge is 0.447 e. The van der Waals surface area contributed by atoms with Crippen molar-refractivity contribution >= 4 is 17.7 Å². The molecule has 2 heterocycles. The molecule has 2 aromatic rings. The van der Waals surface area contributed by atoms with Crippen molar-refractivity contribution in [2.24, 2.45) is 0 Å². The Bertz CT molecular complexity index is 703. The maximum Gasteiger partial charge on any atom is 0.224 e. The van der Waals surface area contributed by atoms with E-state index >= 15 is 0 Å². The Morgan fingerprint density at radius 1 is 1.35 bits per heavy atom. The van der Waals surface area contributed by atoms with Gasteiger partial charge in [-0.15, -0.1) is 0 Å². The third kappa shape index (κ3) is 4.17. The van der Waals surface area contributed by atoms with Gasteiger partial charge in [0.05, 0.1) is 0 Å². The molecule has 1 aliphatic heterocycles. The minimum atomic E-state index is -0.693. The molecule has 23 heavy (non-hydrogen) atoms. The van der Waals surface area contributed by atoms with Crippen LogP contribution in [0.1, 0.15) is 11.3 Å². The number of nitrogens with two attached hydrogens (primary N) is 1.